The van der Waals surface area contributed by atoms with Crippen LogP contribution in [0.2, 0.25) is 0 Å². The van der Waals surface area contributed by atoms with E-state index in [9.17, 15) is 9.59 Å². The molecule has 1 aliphatic heterocycles. The van der Waals surface area contributed by atoms with Gasteiger partial charge in [0.25, 0.3) is 5.91 Å². The number of carboxylic acids is 1. The number of hydrogen-bond acceptors (Lipinski definition) is 7. The summed E-state index contributed by atoms with van der Waals surface area (Å²) in [5, 5.41) is 26.5. The van der Waals surface area contributed by atoms with E-state index in [0.29, 0.717) is 22.7 Å². The second-order valence-corrected chi connectivity index (χ2v) is 6.99. The molecule has 0 bridgehead atoms. The van der Waals surface area contributed by atoms with Crippen molar-refractivity contribution in [1.29, 1.82) is 5.26 Å². The quantitative estimate of drug-likeness (QED) is 0.482. The minimum Gasteiger partial charge on any atom is -0.490 e. The van der Waals surface area contributed by atoms with Crippen LogP contribution in [0.1, 0.15) is 18.4 Å². The van der Waals surface area contributed by atoms with E-state index >= 15 is 0 Å². The van der Waals surface area contributed by atoms with Crippen molar-refractivity contribution < 1.29 is 24.2 Å². The average Bonchev–Trinajstić information content (AvgIpc) is 2.78. The molecule has 1 aliphatic rings. The van der Waals surface area contributed by atoms with Gasteiger partial charge in [-0.1, -0.05) is 0 Å². The van der Waals surface area contributed by atoms with E-state index in [1.165, 1.54) is 12.1 Å². The van der Waals surface area contributed by atoms with Gasteiger partial charge in [0.2, 0.25) is 0 Å². The summed E-state index contributed by atoms with van der Waals surface area (Å²) in [6.07, 6.45) is 2.13. The number of ether oxygens (including phenoxy) is 2. The van der Waals surface area contributed by atoms with Crippen LogP contribution in [0.15, 0.2) is 42.5 Å². The fourth-order valence-electron chi connectivity index (χ4n) is 3.10. The summed E-state index contributed by atoms with van der Waals surface area (Å²) in [7, 11) is 0. The first kappa shape index (κ1) is 21.9. The van der Waals surface area contributed by atoms with Crippen LogP contribution in [0, 0.1) is 11.3 Å². The molecule has 0 radical (unpaired) electrons. The SMILES string of the molecule is N#Cc1ccc(NCC(=O)O)c(NC(=O)COc2ccc(OC3CCNCC3)cc2)c1. The van der Waals surface area contributed by atoms with Crippen molar-refractivity contribution in [3.05, 3.63) is 48.0 Å². The number of carbonyl (C=O) groups excluding carboxylic acids is 1. The third-order valence-corrected chi connectivity index (χ3v) is 4.64. The molecule has 0 spiro atoms. The van der Waals surface area contributed by atoms with Crippen LogP contribution in [0.25, 0.3) is 0 Å². The van der Waals surface area contributed by atoms with Gasteiger partial charge in [-0.15, -0.1) is 0 Å². The first-order chi connectivity index (χ1) is 15.0. The van der Waals surface area contributed by atoms with E-state index in [-0.39, 0.29) is 19.3 Å². The van der Waals surface area contributed by atoms with Gasteiger partial charge in [-0.3, -0.25) is 9.59 Å². The number of nitrogens with one attached hydrogen (secondary N) is 3. The zero-order chi connectivity index (χ0) is 22.1. The smallest absolute Gasteiger partial charge is 0.322 e. The predicted octanol–water partition coefficient (Wildman–Crippen LogP) is 2.20. The lowest BCUT2D eigenvalue weighted by Crippen LogP contribution is -2.34. The zero-order valence-electron chi connectivity index (χ0n) is 16.9. The lowest BCUT2D eigenvalue weighted by molar-refractivity contribution is -0.134. The molecule has 2 aromatic carbocycles. The predicted molar refractivity (Wildman–Crippen MR) is 114 cm³/mol. The Morgan fingerprint density at radius 3 is 2.48 bits per heavy atom. The Morgan fingerprint density at radius 2 is 1.81 bits per heavy atom. The number of nitriles is 1. The summed E-state index contributed by atoms with van der Waals surface area (Å²) >= 11 is 0. The third-order valence-electron chi connectivity index (χ3n) is 4.64. The van der Waals surface area contributed by atoms with Crippen molar-refractivity contribution in [2.75, 3.05) is 36.9 Å². The number of rotatable bonds is 9. The molecule has 1 fully saturated rings. The summed E-state index contributed by atoms with van der Waals surface area (Å²) < 4.78 is 11.5. The second-order valence-electron chi connectivity index (χ2n) is 6.99. The molecule has 162 valence electrons. The number of piperidine rings is 1. The molecule has 1 amide bonds. The highest BCUT2D eigenvalue weighted by molar-refractivity contribution is 5.95. The molecule has 3 rings (SSSR count). The topological polar surface area (TPSA) is 133 Å². The maximum Gasteiger partial charge on any atom is 0.322 e. The largest absolute Gasteiger partial charge is 0.490 e. The molecular weight excluding hydrogens is 400 g/mol. The van der Waals surface area contributed by atoms with E-state index < -0.39 is 11.9 Å². The van der Waals surface area contributed by atoms with Crippen molar-refractivity contribution in [3.8, 4) is 17.6 Å². The van der Waals surface area contributed by atoms with Gasteiger partial charge < -0.3 is 30.5 Å². The molecular formula is C22H24N4O5. The first-order valence-electron chi connectivity index (χ1n) is 9.93. The fraction of sp³-hybridized carbons (Fsp3) is 0.318. The number of anilines is 2. The Morgan fingerprint density at radius 1 is 1.10 bits per heavy atom. The molecule has 0 aromatic heterocycles. The van der Waals surface area contributed by atoms with Crippen LogP contribution in [0.4, 0.5) is 11.4 Å². The maximum absolute atomic E-state index is 12.3. The van der Waals surface area contributed by atoms with Gasteiger partial charge in [0, 0.05) is 0 Å². The Labute approximate surface area is 180 Å². The number of carbonyl (C=O) groups is 2. The van der Waals surface area contributed by atoms with Crippen LogP contribution in [-0.4, -0.2) is 49.3 Å². The number of amides is 1. The van der Waals surface area contributed by atoms with Gasteiger partial charge in [-0.05, 0) is 68.4 Å². The van der Waals surface area contributed by atoms with Crippen LogP contribution in [0.5, 0.6) is 11.5 Å². The summed E-state index contributed by atoms with van der Waals surface area (Å²) in [5.41, 5.74) is 1.04. The standard InChI is InChI=1S/C22H24N4O5/c23-12-15-1-6-19(25-13-22(28)29)20(11-15)26-21(27)14-30-16-2-4-17(5-3-16)31-18-7-9-24-10-8-18/h1-6,11,18,24-25H,7-10,13-14H2,(H,26,27)(H,28,29). The van der Waals surface area contributed by atoms with Gasteiger partial charge in [0.05, 0.1) is 23.0 Å². The van der Waals surface area contributed by atoms with Gasteiger partial charge in [-0.2, -0.15) is 5.26 Å². The highest BCUT2D eigenvalue weighted by Crippen LogP contribution is 2.24. The molecule has 4 N–H and O–H groups in total. The Kier molecular flexibility index (Phi) is 7.67. The van der Waals surface area contributed by atoms with E-state index in [1.54, 1.807) is 30.3 Å². The van der Waals surface area contributed by atoms with E-state index in [2.05, 4.69) is 16.0 Å². The van der Waals surface area contributed by atoms with E-state index in [4.69, 9.17) is 19.8 Å². The number of aliphatic carboxylic acids is 1. The fourth-order valence-corrected chi connectivity index (χ4v) is 3.10. The summed E-state index contributed by atoms with van der Waals surface area (Å²) in [4.78, 5) is 23.1. The number of hydrogen-bond donors (Lipinski definition) is 4. The molecule has 31 heavy (non-hydrogen) atoms. The molecule has 0 saturated carbocycles. The summed E-state index contributed by atoms with van der Waals surface area (Å²) in [5.74, 6) is -0.213. The minimum atomic E-state index is -1.04. The normalized spacial score (nSPS) is 13.6. The first-order valence-corrected chi connectivity index (χ1v) is 9.93. The highest BCUT2D eigenvalue weighted by atomic mass is 16.5. The molecule has 1 saturated heterocycles. The number of carboxylic acid groups (broad SMARTS) is 1. The maximum atomic E-state index is 12.3. The highest BCUT2D eigenvalue weighted by Gasteiger charge is 2.14. The van der Waals surface area contributed by atoms with Crippen molar-refractivity contribution >= 4 is 23.3 Å². The van der Waals surface area contributed by atoms with E-state index in [0.717, 1.165) is 31.7 Å². The van der Waals surface area contributed by atoms with Gasteiger partial charge in [0.1, 0.15) is 24.1 Å². The Bertz CT molecular complexity index is 949. The monoisotopic (exact) mass is 424 g/mol. The van der Waals surface area contributed by atoms with Gasteiger partial charge in [0.15, 0.2) is 6.61 Å². The van der Waals surface area contributed by atoms with Gasteiger partial charge in [-0.25, -0.2) is 0 Å². The van der Waals surface area contributed by atoms with Crippen molar-refractivity contribution in [1.82, 2.24) is 5.32 Å². The zero-order valence-corrected chi connectivity index (χ0v) is 16.9. The third kappa shape index (κ3) is 6.90. The van der Waals surface area contributed by atoms with Crippen molar-refractivity contribution in [3.63, 3.8) is 0 Å². The lowest BCUT2D eigenvalue weighted by atomic mass is 10.1. The van der Waals surface area contributed by atoms with Crippen molar-refractivity contribution in [2.24, 2.45) is 0 Å². The van der Waals surface area contributed by atoms with Crippen LogP contribution < -0.4 is 25.4 Å². The van der Waals surface area contributed by atoms with Crippen LogP contribution in [-0.2, 0) is 9.59 Å². The van der Waals surface area contributed by atoms with Gasteiger partial charge >= 0.3 is 5.97 Å². The van der Waals surface area contributed by atoms with Crippen molar-refractivity contribution in [2.45, 2.75) is 18.9 Å². The second kappa shape index (κ2) is 10.8. The molecule has 9 nitrogen and oxygen atoms in total. The molecule has 0 atom stereocenters. The molecule has 9 heteroatoms. The summed E-state index contributed by atoms with van der Waals surface area (Å²) in [6, 6.07) is 13.6. The summed E-state index contributed by atoms with van der Waals surface area (Å²) in [6.45, 7) is 1.33. The molecule has 1 heterocycles. The van der Waals surface area contributed by atoms with Crippen LogP contribution in [0.3, 0.4) is 0 Å². The average molecular weight is 424 g/mol. The number of benzene rings is 2. The molecule has 2 aromatic rings. The van der Waals surface area contributed by atoms with E-state index in [1.807, 2.05) is 6.07 Å². The molecule has 0 unspecified atom stereocenters. The molecule has 0 aliphatic carbocycles. The van der Waals surface area contributed by atoms with Crippen LogP contribution >= 0.6 is 0 Å². The lowest BCUT2D eigenvalue weighted by Gasteiger charge is -2.23. The Hall–Kier alpha value is -3.77. The Balaban J connectivity index is 1.53. The number of nitrogens with zero attached hydrogens (tertiary/aromatic N) is 1. The minimum absolute atomic E-state index is 0.201.